The molecule has 0 saturated carbocycles. The molecule has 0 spiro atoms. The van der Waals surface area contributed by atoms with E-state index in [-0.39, 0.29) is 5.82 Å². The largest absolute Gasteiger partial charge is 0.330 e. The molecule has 3 aromatic rings. The first-order valence-corrected chi connectivity index (χ1v) is 7.18. The summed E-state index contributed by atoms with van der Waals surface area (Å²) in [6.45, 7) is 3.38. The Hall–Kier alpha value is -2.20. The molecule has 2 N–H and O–H groups in total. The second kappa shape index (κ2) is 5.66. The molecule has 0 radical (unpaired) electrons. The van der Waals surface area contributed by atoms with Crippen LogP contribution in [-0.4, -0.2) is 16.1 Å². The van der Waals surface area contributed by atoms with Crippen molar-refractivity contribution in [2.24, 2.45) is 5.73 Å². The summed E-state index contributed by atoms with van der Waals surface area (Å²) in [5.74, 6) is 0.640. The maximum absolute atomic E-state index is 13.5. The number of nitrogens with zero attached hydrogens (tertiary/aromatic N) is 2. The Morgan fingerprint density at radius 3 is 2.76 bits per heavy atom. The van der Waals surface area contributed by atoms with Crippen molar-refractivity contribution in [3.8, 4) is 11.4 Å². The molecular formula is C17H18FN3. The van der Waals surface area contributed by atoms with Gasteiger partial charge >= 0.3 is 0 Å². The van der Waals surface area contributed by atoms with Crippen LogP contribution in [0.1, 0.15) is 12.5 Å². The minimum Gasteiger partial charge on any atom is -0.330 e. The van der Waals surface area contributed by atoms with E-state index in [1.54, 1.807) is 12.1 Å². The van der Waals surface area contributed by atoms with Crippen LogP contribution in [0.15, 0.2) is 42.5 Å². The van der Waals surface area contributed by atoms with Crippen LogP contribution >= 0.6 is 0 Å². The van der Waals surface area contributed by atoms with Crippen molar-refractivity contribution in [1.29, 1.82) is 0 Å². The molecular weight excluding hydrogens is 265 g/mol. The van der Waals surface area contributed by atoms with Gasteiger partial charge in [-0.25, -0.2) is 9.37 Å². The number of hydrogen-bond donors (Lipinski definition) is 1. The molecule has 0 fully saturated rings. The monoisotopic (exact) mass is 283 g/mol. The van der Waals surface area contributed by atoms with E-state index in [0.717, 1.165) is 35.4 Å². The summed E-state index contributed by atoms with van der Waals surface area (Å²) in [7, 11) is 0. The highest BCUT2D eigenvalue weighted by atomic mass is 19.1. The van der Waals surface area contributed by atoms with Gasteiger partial charge in [-0.15, -0.1) is 0 Å². The number of hydrogen-bond acceptors (Lipinski definition) is 2. The molecule has 21 heavy (non-hydrogen) atoms. The van der Waals surface area contributed by atoms with Crippen LogP contribution < -0.4 is 5.73 Å². The summed E-state index contributed by atoms with van der Waals surface area (Å²) >= 11 is 0. The fraction of sp³-hybridized carbons (Fsp3) is 0.235. The Morgan fingerprint density at radius 2 is 2.00 bits per heavy atom. The summed E-state index contributed by atoms with van der Waals surface area (Å²) < 4.78 is 15.6. The van der Waals surface area contributed by atoms with Crippen LogP contribution in [0.4, 0.5) is 4.39 Å². The lowest BCUT2D eigenvalue weighted by atomic mass is 10.0. The first kappa shape index (κ1) is 13.8. The molecule has 0 amide bonds. The van der Waals surface area contributed by atoms with E-state index >= 15 is 0 Å². The van der Waals surface area contributed by atoms with Crippen molar-refractivity contribution < 1.29 is 4.39 Å². The Morgan fingerprint density at radius 1 is 1.19 bits per heavy atom. The van der Waals surface area contributed by atoms with Crippen molar-refractivity contribution >= 4 is 11.0 Å². The van der Waals surface area contributed by atoms with Crippen molar-refractivity contribution in [2.75, 3.05) is 6.54 Å². The van der Waals surface area contributed by atoms with E-state index in [2.05, 4.69) is 12.1 Å². The number of rotatable bonds is 4. The Kier molecular flexibility index (Phi) is 3.71. The maximum Gasteiger partial charge on any atom is 0.141 e. The van der Waals surface area contributed by atoms with Crippen LogP contribution in [0.2, 0.25) is 0 Å². The predicted octanol–water partition coefficient (Wildman–Crippen LogP) is 3.36. The molecule has 108 valence electrons. The molecule has 0 bridgehead atoms. The molecule has 0 aliphatic carbocycles. The first-order chi connectivity index (χ1) is 10.2. The minimum atomic E-state index is -0.237. The molecule has 3 nitrogen and oxygen atoms in total. The number of halogens is 1. The lowest BCUT2D eigenvalue weighted by Crippen LogP contribution is -2.06. The zero-order valence-corrected chi connectivity index (χ0v) is 12.0. The lowest BCUT2D eigenvalue weighted by molar-refractivity contribution is 0.628. The van der Waals surface area contributed by atoms with Gasteiger partial charge in [0, 0.05) is 12.1 Å². The number of benzene rings is 2. The number of aromatic nitrogens is 2. The Labute approximate surface area is 123 Å². The molecule has 0 saturated heterocycles. The third-order valence-electron chi connectivity index (χ3n) is 3.70. The second-order valence-corrected chi connectivity index (χ2v) is 5.01. The van der Waals surface area contributed by atoms with Crippen LogP contribution in [0.3, 0.4) is 0 Å². The van der Waals surface area contributed by atoms with Gasteiger partial charge in [-0.1, -0.05) is 24.3 Å². The molecule has 1 heterocycles. The van der Waals surface area contributed by atoms with Crippen LogP contribution in [-0.2, 0) is 13.0 Å². The van der Waals surface area contributed by atoms with Gasteiger partial charge in [0.15, 0.2) is 0 Å². The topological polar surface area (TPSA) is 43.8 Å². The highest BCUT2D eigenvalue weighted by Crippen LogP contribution is 2.28. The normalized spacial score (nSPS) is 11.2. The van der Waals surface area contributed by atoms with E-state index < -0.39 is 0 Å². The number of aryl methyl sites for hydroxylation is 1. The highest BCUT2D eigenvalue weighted by Gasteiger charge is 2.14. The van der Waals surface area contributed by atoms with Crippen LogP contribution in [0.5, 0.6) is 0 Å². The van der Waals surface area contributed by atoms with Crippen LogP contribution in [0, 0.1) is 5.82 Å². The smallest absolute Gasteiger partial charge is 0.141 e. The van der Waals surface area contributed by atoms with Crippen LogP contribution in [0.25, 0.3) is 22.4 Å². The zero-order chi connectivity index (χ0) is 14.8. The summed E-state index contributed by atoms with van der Waals surface area (Å²) in [6, 6.07) is 12.8. The van der Waals surface area contributed by atoms with Crippen molar-refractivity contribution in [3.05, 3.63) is 53.8 Å². The molecule has 0 unspecified atom stereocenters. The van der Waals surface area contributed by atoms with Gasteiger partial charge in [-0.2, -0.15) is 0 Å². The molecule has 2 aromatic carbocycles. The van der Waals surface area contributed by atoms with E-state index in [0.29, 0.717) is 6.54 Å². The Bertz CT molecular complexity index is 777. The van der Waals surface area contributed by atoms with Gasteiger partial charge in [-0.3, -0.25) is 0 Å². The Balaban J connectivity index is 2.25. The van der Waals surface area contributed by atoms with Crippen molar-refractivity contribution in [1.82, 2.24) is 9.55 Å². The number of imidazole rings is 1. The van der Waals surface area contributed by atoms with Gasteiger partial charge in [-0.05, 0) is 43.7 Å². The average molecular weight is 283 g/mol. The lowest BCUT2D eigenvalue weighted by Gasteiger charge is -2.10. The highest BCUT2D eigenvalue weighted by molar-refractivity contribution is 5.81. The standard InChI is InChI=1S/C17H18FN3/c1-2-21-16-11-13(18)7-8-15(16)20-17(21)14-6-4-3-5-12(14)9-10-19/h3-8,11H,2,9-10,19H2,1H3. The van der Waals surface area contributed by atoms with E-state index in [1.807, 2.05) is 23.6 Å². The molecule has 0 atom stereocenters. The van der Waals surface area contributed by atoms with E-state index in [4.69, 9.17) is 10.7 Å². The summed E-state index contributed by atoms with van der Waals surface area (Å²) in [4.78, 5) is 4.69. The molecule has 3 rings (SSSR count). The fourth-order valence-electron chi connectivity index (χ4n) is 2.73. The number of nitrogens with two attached hydrogens (primary N) is 1. The SMILES string of the molecule is CCn1c(-c2ccccc2CCN)nc2ccc(F)cc21. The molecule has 0 aliphatic rings. The van der Waals surface area contributed by atoms with Gasteiger partial charge in [0.25, 0.3) is 0 Å². The summed E-state index contributed by atoms with van der Waals surface area (Å²) in [5.41, 5.74) is 9.58. The first-order valence-electron chi connectivity index (χ1n) is 7.18. The summed E-state index contributed by atoms with van der Waals surface area (Å²) in [6.07, 6.45) is 0.803. The van der Waals surface area contributed by atoms with E-state index in [1.165, 1.54) is 11.6 Å². The predicted molar refractivity (Wildman–Crippen MR) is 83.6 cm³/mol. The van der Waals surface area contributed by atoms with Gasteiger partial charge in [0.2, 0.25) is 0 Å². The molecule has 4 heteroatoms. The average Bonchev–Trinajstić information content (AvgIpc) is 2.85. The third kappa shape index (κ3) is 2.43. The third-order valence-corrected chi connectivity index (χ3v) is 3.70. The maximum atomic E-state index is 13.5. The van der Waals surface area contributed by atoms with Crippen molar-refractivity contribution in [2.45, 2.75) is 19.9 Å². The second-order valence-electron chi connectivity index (χ2n) is 5.01. The van der Waals surface area contributed by atoms with Gasteiger partial charge in [0.1, 0.15) is 11.6 Å². The summed E-state index contributed by atoms with van der Waals surface area (Å²) in [5, 5.41) is 0. The minimum absolute atomic E-state index is 0.237. The van der Waals surface area contributed by atoms with Gasteiger partial charge in [0.05, 0.1) is 11.0 Å². The quantitative estimate of drug-likeness (QED) is 0.798. The van der Waals surface area contributed by atoms with E-state index in [9.17, 15) is 4.39 Å². The van der Waals surface area contributed by atoms with Crippen molar-refractivity contribution in [3.63, 3.8) is 0 Å². The van der Waals surface area contributed by atoms with Gasteiger partial charge < -0.3 is 10.3 Å². The number of fused-ring (bicyclic) bond motifs is 1. The zero-order valence-electron chi connectivity index (χ0n) is 12.0. The molecule has 1 aromatic heterocycles. The molecule has 0 aliphatic heterocycles. The fourth-order valence-corrected chi connectivity index (χ4v) is 2.73.